The minimum absolute atomic E-state index is 0.203. The fourth-order valence-electron chi connectivity index (χ4n) is 1.88. The SMILES string of the molecule is Cn1cc(CNc2cc(C(F)(F)F)ccc2Cl)cc1C#N. The maximum atomic E-state index is 12.7. The van der Waals surface area contributed by atoms with Gasteiger partial charge in [-0.1, -0.05) is 11.6 Å². The molecule has 0 aliphatic carbocycles. The van der Waals surface area contributed by atoms with Gasteiger partial charge in [0.15, 0.2) is 0 Å². The van der Waals surface area contributed by atoms with Crippen LogP contribution in [0.25, 0.3) is 0 Å². The van der Waals surface area contributed by atoms with Gasteiger partial charge in [-0.05, 0) is 29.8 Å². The first-order chi connectivity index (χ1) is 9.81. The molecule has 0 saturated carbocycles. The Morgan fingerprint density at radius 3 is 2.62 bits per heavy atom. The van der Waals surface area contributed by atoms with Crippen LogP contribution in [0.5, 0.6) is 0 Å². The Balaban J connectivity index is 2.18. The Morgan fingerprint density at radius 1 is 1.33 bits per heavy atom. The molecule has 0 amide bonds. The van der Waals surface area contributed by atoms with Crippen molar-refractivity contribution in [1.29, 1.82) is 5.26 Å². The van der Waals surface area contributed by atoms with E-state index in [0.717, 1.165) is 17.7 Å². The zero-order valence-electron chi connectivity index (χ0n) is 11.0. The van der Waals surface area contributed by atoms with E-state index in [-0.39, 0.29) is 17.3 Å². The Bertz CT molecular complexity index is 698. The molecule has 2 aromatic rings. The maximum absolute atomic E-state index is 12.7. The van der Waals surface area contributed by atoms with E-state index in [0.29, 0.717) is 5.69 Å². The minimum atomic E-state index is -4.41. The number of aryl methyl sites for hydroxylation is 1. The van der Waals surface area contributed by atoms with Crippen molar-refractivity contribution in [2.45, 2.75) is 12.7 Å². The van der Waals surface area contributed by atoms with Crippen molar-refractivity contribution in [3.05, 3.63) is 52.3 Å². The molecule has 0 aliphatic rings. The van der Waals surface area contributed by atoms with Crippen LogP contribution in [0.3, 0.4) is 0 Å². The van der Waals surface area contributed by atoms with Crippen LogP contribution in [0.1, 0.15) is 16.8 Å². The first kappa shape index (κ1) is 15.3. The summed E-state index contributed by atoms with van der Waals surface area (Å²) in [5.74, 6) is 0. The zero-order chi connectivity index (χ0) is 15.6. The molecule has 110 valence electrons. The summed E-state index contributed by atoms with van der Waals surface area (Å²) in [5.41, 5.74) is 0.693. The molecule has 0 fully saturated rings. The fraction of sp³-hybridized carbons (Fsp3) is 0.214. The second-order valence-electron chi connectivity index (χ2n) is 4.50. The van der Waals surface area contributed by atoms with Gasteiger partial charge in [-0.3, -0.25) is 0 Å². The van der Waals surface area contributed by atoms with E-state index in [1.165, 1.54) is 6.07 Å². The van der Waals surface area contributed by atoms with E-state index in [9.17, 15) is 13.2 Å². The van der Waals surface area contributed by atoms with E-state index in [1.807, 2.05) is 6.07 Å². The number of halogens is 4. The molecule has 1 heterocycles. The highest BCUT2D eigenvalue weighted by Crippen LogP contribution is 2.33. The molecule has 0 radical (unpaired) electrons. The molecule has 2 rings (SSSR count). The monoisotopic (exact) mass is 313 g/mol. The summed E-state index contributed by atoms with van der Waals surface area (Å²) < 4.78 is 39.6. The number of aromatic nitrogens is 1. The Hall–Kier alpha value is -2.13. The van der Waals surface area contributed by atoms with Gasteiger partial charge in [-0.2, -0.15) is 18.4 Å². The lowest BCUT2D eigenvalue weighted by atomic mass is 10.2. The van der Waals surface area contributed by atoms with Crippen LogP contribution in [0.15, 0.2) is 30.5 Å². The van der Waals surface area contributed by atoms with Crippen molar-refractivity contribution in [2.24, 2.45) is 7.05 Å². The lowest BCUT2D eigenvalue weighted by Gasteiger charge is -2.12. The fourth-order valence-corrected chi connectivity index (χ4v) is 2.06. The average Bonchev–Trinajstić information content (AvgIpc) is 2.77. The van der Waals surface area contributed by atoms with E-state index >= 15 is 0 Å². The molecule has 0 unspecified atom stereocenters. The molecular weight excluding hydrogens is 303 g/mol. The molecule has 3 nitrogen and oxygen atoms in total. The van der Waals surface area contributed by atoms with Gasteiger partial charge < -0.3 is 9.88 Å². The van der Waals surface area contributed by atoms with Gasteiger partial charge in [0, 0.05) is 19.8 Å². The number of alkyl halides is 3. The predicted molar refractivity (Wildman–Crippen MR) is 73.9 cm³/mol. The average molecular weight is 314 g/mol. The molecule has 7 heteroatoms. The van der Waals surface area contributed by atoms with Gasteiger partial charge in [0.25, 0.3) is 0 Å². The van der Waals surface area contributed by atoms with E-state index in [1.54, 1.807) is 23.9 Å². The van der Waals surface area contributed by atoms with Gasteiger partial charge in [0.2, 0.25) is 0 Å². The number of hydrogen-bond acceptors (Lipinski definition) is 2. The summed E-state index contributed by atoms with van der Waals surface area (Å²) >= 11 is 5.89. The topological polar surface area (TPSA) is 40.8 Å². The maximum Gasteiger partial charge on any atom is 0.416 e. The first-order valence-electron chi connectivity index (χ1n) is 5.97. The van der Waals surface area contributed by atoms with Gasteiger partial charge in [0.05, 0.1) is 16.3 Å². The summed E-state index contributed by atoms with van der Waals surface area (Å²) in [6.07, 6.45) is -2.69. The smallest absolute Gasteiger partial charge is 0.380 e. The number of benzene rings is 1. The lowest BCUT2D eigenvalue weighted by molar-refractivity contribution is -0.137. The largest absolute Gasteiger partial charge is 0.416 e. The zero-order valence-corrected chi connectivity index (χ0v) is 11.8. The van der Waals surface area contributed by atoms with Crippen LogP contribution in [0, 0.1) is 11.3 Å². The van der Waals surface area contributed by atoms with Crippen molar-refractivity contribution in [3.63, 3.8) is 0 Å². The lowest BCUT2D eigenvalue weighted by Crippen LogP contribution is -2.06. The summed E-state index contributed by atoms with van der Waals surface area (Å²) in [5, 5.41) is 11.9. The molecule has 0 saturated heterocycles. The first-order valence-corrected chi connectivity index (χ1v) is 6.35. The van der Waals surface area contributed by atoms with Crippen LogP contribution >= 0.6 is 11.6 Å². The molecule has 1 aromatic carbocycles. The van der Waals surface area contributed by atoms with E-state index < -0.39 is 11.7 Å². The number of nitrogens with zero attached hydrogens (tertiary/aromatic N) is 2. The molecular formula is C14H11ClF3N3. The highest BCUT2D eigenvalue weighted by atomic mass is 35.5. The Morgan fingerprint density at radius 2 is 2.05 bits per heavy atom. The number of anilines is 1. The van der Waals surface area contributed by atoms with Crippen molar-refractivity contribution in [1.82, 2.24) is 4.57 Å². The van der Waals surface area contributed by atoms with E-state index in [2.05, 4.69) is 5.32 Å². The molecule has 0 spiro atoms. The number of nitriles is 1. The van der Waals surface area contributed by atoms with Crippen molar-refractivity contribution in [2.75, 3.05) is 5.32 Å². The third-order valence-corrected chi connectivity index (χ3v) is 3.28. The predicted octanol–water partition coefficient (Wildman–Crippen LogP) is 4.18. The molecule has 1 aromatic heterocycles. The highest BCUT2D eigenvalue weighted by molar-refractivity contribution is 6.33. The second kappa shape index (κ2) is 5.70. The van der Waals surface area contributed by atoms with Crippen molar-refractivity contribution < 1.29 is 13.2 Å². The van der Waals surface area contributed by atoms with E-state index in [4.69, 9.17) is 16.9 Å². The van der Waals surface area contributed by atoms with Gasteiger partial charge in [-0.15, -0.1) is 0 Å². The number of rotatable bonds is 3. The summed E-state index contributed by atoms with van der Waals surface area (Å²) in [7, 11) is 1.72. The summed E-state index contributed by atoms with van der Waals surface area (Å²) in [4.78, 5) is 0. The van der Waals surface area contributed by atoms with Crippen LogP contribution in [0.2, 0.25) is 5.02 Å². The van der Waals surface area contributed by atoms with Gasteiger partial charge in [-0.25, -0.2) is 0 Å². The summed E-state index contributed by atoms with van der Waals surface area (Å²) in [6.45, 7) is 0.274. The van der Waals surface area contributed by atoms with Gasteiger partial charge in [0.1, 0.15) is 11.8 Å². The minimum Gasteiger partial charge on any atom is -0.380 e. The van der Waals surface area contributed by atoms with Crippen LogP contribution in [-0.4, -0.2) is 4.57 Å². The standard InChI is InChI=1S/C14H11ClF3N3/c1-21-8-9(4-11(21)6-19)7-20-13-5-10(14(16,17)18)2-3-12(13)15/h2-5,8,20H,7H2,1H3. The third-order valence-electron chi connectivity index (χ3n) is 2.95. The van der Waals surface area contributed by atoms with Crippen LogP contribution < -0.4 is 5.32 Å². The van der Waals surface area contributed by atoms with Crippen LogP contribution in [-0.2, 0) is 19.8 Å². The Kier molecular flexibility index (Phi) is 4.14. The van der Waals surface area contributed by atoms with Crippen molar-refractivity contribution in [3.8, 4) is 6.07 Å². The third kappa shape index (κ3) is 3.50. The molecule has 0 aliphatic heterocycles. The second-order valence-corrected chi connectivity index (χ2v) is 4.91. The number of nitrogens with one attached hydrogen (secondary N) is 1. The van der Waals surface area contributed by atoms with Crippen molar-refractivity contribution >= 4 is 17.3 Å². The molecule has 21 heavy (non-hydrogen) atoms. The van der Waals surface area contributed by atoms with Gasteiger partial charge >= 0.3 is 6.18 Å². The Labute approximate surface area is 124 Å². The van der Waals surface area contributed by atoms with Crippen LogP contribution in [0.4, 0.5) is 18.9 Å². The normalized spacial score (nSPS) is 11.2. The molecule has 0 atom stereocenters. The molecule has 0 bridgehead atoms. The molecule has 1 N–H and O–H groups in total. The summed E-state index contributed by atoms with van der Waals surface area (Å²) in [6, 6.07) is 6.79. The quantitative estimate of drug-likeness (QED) is 0.923. The highest BCUT2D eigenvalue weighted by Gasteiger charge is 2.30. The number of hydrogen-bond donors (Lipinski definition) is 1.